The van der Waals surface area contributed by atoms with Gasteiger partial charge in [0.1, 0.15) is 16.8 Å². The number of anilines is 2. The molecule has 4 aromatic rings. The van der Waals surface area contributed by atoms with Crippen LogP contribution in [-0.4, -0.2) is 79.4 Å². The first kappa shape index (κ1) is 35.3. The van der Waals surface area contributed by atoms with E-state index in [-0.39, 0.29) is 24.8 Å². The number of aromatic nitrogens is 2. The van der Waals surface area contributed by atoms with Crippen molar-refractivity contribution in [3.8, 4) is 11.1 Å². The summed E-state index contributed by atoms with van der Waals surface area (Å²) in [5.41, 5.74) is 5.48. The van der Waals surface area contributed by atoms with Crippen molar-refractivity contribution in [1.82, 2.24) is 20.2 Å². The highest BCUT2D eigenvalue weighted by atomic mass is 35.5. The minimum Gasteiger partial charge on any atom is -0.494 e. The number of β-amino-alcohol motifs (C(OH)–C–C–N with tert-alkyl or cyclic N) is 1. The third kappa shape index (κ3) is 7.08. The van der Waals surface area contributed by atoms with Crippen LogP contribution < -0.4 is 10.6 Å². The number of halogens is 3. The number of hydrogen-bond acceptors (Lipinski definition) is 8. The molecule has 3 aliphatic rings. The highest BCUT2D eigenvalue weighted by Crippen LogP contribution is 2.50. The van der Waals surface area contributed by atoms with E-state index in [0.29, 0.717) is 42.1 Å². The average Bonchev–Trinajstić information content (AvgIpc) is 3.80. The number of likely N-dealkylation sites (tertiary alicyclic amines) is 1. The van der Waals surface area contributed by atoms with Crippen molar-refractivity contribution in [1.29, 1.82) is 0 Å². The molecule has 2 unspecified atom stereocenters. The Morgan fingerprint density at radius 1 is 1.12 bits per heavy atom. The molecule has 0 spiro atoms. The number of hydrogen-bond donors (Lipinski definition) is 4. The Bertz CT molecular complexity index is 2050. The Morgan fingerprint density at radius 3 is 2.63 bits per heavy atom. The molecule has 1 saturated heterocycles. The third-order valence-corrected chi connectivity index (χ3v) is 10.8. The van der Waals surface area contributed by atoms with E-state index in [1.807, 2.05) is 61.7 Å². The third-order valence-electron chi connectivity index (χ3n) is 10.0. The molecule has 2 aromatic heterocycles. The number of pyridine rings is 2. The number of aliphatic hydroxyl groups is 1. The fraction of sp³-hybridized carbons (Fsp3) is 0.359. The zero-order valence-corrected chi connectivity index (χ0v) is 29.9. The second-order valence-electron chi connectivity index (χ2n) is 13.5. The zero-order chi connectivity index (χ0) is 35.9. The normalized spacial score (nSPS) is 21.1. The largest absolute Gasteiger partial charge is 0.494 e. The van der Waals surface area contributed by atoms with Gasteiger partial charge in [-0.2, -0.15) is 0 Å². The lowest BCUT2D eigenvalue weighted by Crippen LogP contribution is -2.44. The van der Waals surface area contributed by atoms with Gasteiger partial charge in [0.15, 0.2) is 16.3 Å². The first-order valence-corrected chi connectivity index (χ1v) is 17.9. The highest BCUT2D eigenvalue weighted by Gasteiger charge is 2.52. The summed E-state index contributed by atoms with van der Waals surface area (Å²) < 4.78 is 20.3. The number of nitrogens with zero attached hydrogens (tertiary/aromatic N) is 3. The molecule has 9 nitrogen and oxygen atoms in total. The molecule has 2 atom stereocenters. The van der Waals surface area contributed by atoms with E-state index in [1.165, 1.54) is 0 Å². The van der Waals surface area contributed by atoms with Crippen LogP contribution in [0.1, 0.15) is 42.9 Å². The minimum atomic E-state index is -1.95. The molecular formula is C39H40Cl2FN5O4. The second-order valence-corrected chi connectivity index (χ2v) is 14.9. The van der Waals surface area contributed by atoms with Crippen LogP contribution in [0.3, 0.4) is 0 Å². The van der Waals surface area contributed by atoms with Gasteiger partial charge in [-0.05, 0) is 91.3 Å². The first-order valence-electron chi connectivity index (χ1n) is 17.2. The number of carboxylic acids is 1. The monoisotopic (exact) mass is 731 g/mol. The molecule has 0 bridgehead atoms. The summed E-state index contributed by atoms with van der Waals surface area (Å²) in [5, 5.41) is 26.9. The summed E-state index contributed by atoms with van der Waals surface area (Å²) >= 11 is 13.7. The van der Waals surface area contributed by atoms with Gasteiger partial charge in [0, 0.05) is 60.8 Å². The van der Waals surface area contributed by atoms with Crippen LogP contribution in [0.2, 0.25) is 0 Å². The van der Waals surface area contributed by atoms with Crippen LogP contribution in [0.5, 0.6) is 0 Å². The first-order chi connectivity index (χ1) is 24.5. The predicted molar refractivity (Wildman–Crippen MR) is 199 cm³/mol. The number of carbonyl (C=O) groups is 1. The highest BCUT2D eigenvalue weighted by molar-refractivity contribution is 6.55. The molecule has 2 aliphatic carbocycles. The number of fused-ring (bicyclic) bond motifs is 1. The zero-order valence-electron chi connectivity index (χ0n) is 28.4. The SMILES string of the molecule is CCOC1=C(CNC2(C(=O)O)CC2)C(F)C(Cl)(Cl)C(c2cccc(-c3cccc(Nc4nccc5cc(CN6CCC(O)C6)cnc45)c3)c2C)=C1. The Labute approximate surface area is 306 Å². The number of ether oxygens (including phenoxy) is 1. The van der Waals surface area contributed by atoms with Crippen molar-refractivity contribution in [3.05, 3.63) is 101 Å². The fourth-order valence-electron chi connectivity index (χ4n) is 7.02. The van der Waals surface area contributed by atoms with Gasteiger partial charge in [0.25, 0.3) is 0 Å². The number of aliphatic hydroxyl groups excluding tert-OH is 1. The molecule has 3 heterocycles. The summed E-state index contributed by atoms with van der Waals surface area (Å²) in [5.74, 6) is -0.0436. The Morgan fingerprint density at radius 2 is 1.90 bits per heavy atom. The van der Waals surface area contributed by atoms with E-state index in [0.717, 1.165) is 58.4 Å². The Hall–Kier alpha value is -4.06. The average molecular weight is 733 g/mol. The number of benzene rings is 2. The predicted octanol–water partition coefficient (Wildman–Crippen LogP) is 7.32. The molecule has 7 rings (SSSR count). The fourth-order valence-corrected chi connectivity index (χ4v) is 7.59. The van der Waals surface area contributed by atoms with Gasteiger partial charge < -0.3 is 20.3 Å². The molecule has 51 heavy (non-hydrogen) atoms. The van der Waals surface area contributed by atoms with E-state index < -0.39 is 22.0 Å². The van der Waals surface area contributed by atoms with Crippen LogP contribution in [0.15, 0.2) is 84.4 Å². The molecule has 0 radical (unpaired) electrons. The topological polar surface area (TPSA) is 120 Å². The van der Waals surface area contributed by atoms with Gasteiger partial charge in [0.2, 0.25) is 0 Å². The number of alkyl halides is 3. The van der Waals surface area contributed by atoms with Crippen molar-refractivity contribution in [2.45, 2.75) is 61.8 Å². The summed E-state index contributed by atoms with van der Waals surface area (Å²) in [6.07, 6.45) is 4.92. The van der Waals surface area contributed by atoms with Gasteiger partial charge in [-0.15, -0.1) is 0 Å². The molecule has 12 heteroatoms. The smallest absolute Gasteiger partial charge is 0.323 e. The minimum absolute atomic E-state index is 0.0571. The summed E-state index contributed by atoms with van der Waals surface area (Å²) in [4.78, 5) is 23.3. The lowest BCUT2D eigenvalue weighted by Gasteiger charge is -2.35. The molecule has 1 aliphatic heterocycles. The van der Waals surface area contributed by atoms with Crippen LogP contribution in [0.4, 0.5) is 15.9 Å². The summed E-state index contributed by atoms with van der Waals surface area (Å²) in [6.45, 7) is 6.25. The van der Waals surface area contributed by atoms with Crippen LogP contribution in [0, 0.1) is 6.92 Å². The quantitative estimate of drug-likeness (QED) is 0.111. The maximum atomic E-state index is 16.3. The number of carboxylic acid groups (broad SMARTS) is 1. The number of allylic oxidation sites excluding steroid dienone is 2. The number of aliphatic carboxylic acids is 1. The molecule has 1 saturated carbocycles. The molecular weight excluding hydrogens is 692 g/mol. The second kappa shape index (κ2) is 14.2. The van der Waals surface area contributed by atoms with Crippen LogP contribution in [-0.2, 0) is 16.1 Å². The van der Waals surface area contributed by atoms with Crippen LogP contribution >= 0.6 is 23.2 Å². The van der Waals surface area contributed by atoms with Gasteiger partial charge in [0.05, 0.1) is 12.7 Å². The standard InChI is InChI=1S/C39H40Cl2FN5O4/c1-3-51-33-18-32(39(40,41)35(42)31(33)20-45-38(12-13-38)37(49)50)30-9-5-8-29(23(30)2)25-6-4-7-27(17-25)46-36-34-26(10-14-43-36)16-24(19-44-34)21-47-15-11-28(48)22-47/h4-10,14,16-19,28,35,45,48H,3,11-13,15,20-22H2,1-2H3,(H,43,46)(H,49,50). The lowest BCUT2D eigenvalue weighted by molar-refractivity contribution is -0.140. The van der Waals surface area contributed by atoms with Gasteiger partial charge in [-0.25, -0.2) is 9.37 Å². The number of nitrogens with one attached hydrogen (secondary N) is 2. The van der Waals surface area contributed by atoms with E-state index in [4.69, 9.17) is 32.9 Å². The van der Waals surface area contributed by atoms with Crippen molar-refractivity contribution in [2.75, 3.05) is 31.6 Å². The van der Waals surface area contributed by atoms with E-state index in [9.17, 15) is 15.0 Å². The maximum absolute atomic E-state index is 16.3. The van der Waals surface area contributed by atoms with Gasteiger partial charge in [-0.3, -0.25) is 20.0 Å². The summed E-state index contributed by atoms with van der Waals surface area (Å²) in [6, 6.07) is 17.7. The number of rotatable bonds is 12. The van der Waals surface area contributed by atoms with Gasteiger partial charge in [-0.1, -0.05) is 53.5 Å². The van der Waals surface area contributed by atoms with Crippen molar-refractivity contribution in [2.24, 2.45) is 0 Å². The van der Waals surface area contributed by atoms with Crippen molar-refractivity contribution >= 4 is 57.2 Å². The molecule has 2 aromatic carbocycles. The van der Waals surface area contributed by atoms with Gasteiger partial charge >= 0.3 is 5.97 Å². The van der Waals surface area contributed by atoms with E-state index in [1.54, 1.807) is 19.2 Å². The maximum Gasteiger partial charge on any atom is 0.323 e. The lowest BCUT2D eigenvalue weighted by atomic mass is 9.85. The molecule has 0 amide bonds. The molecule has 2 fully saturated rings. The van der Waals surface area contributed by atoms with E-state index >= 15 is 4.39 Å². The Kier molecular flexibility index (Phi) is 9.82. The van der Waals surface area contributed by atoms with Crippen LogP contribution in [0.25, 0.3) is 27.6 Å². The molecule has 4 N–H and O–H groups in total. The Balaban J connectivity index is 1.16. The van der Waals surface area contributed by atoms with E-state index in [2.05, 4.69) is 26.6 Å². The van der Waals surface area contributed by atoms with Crippen molar-refractivity contribution in [3.63, 3.8) is 0 Å². The summed E-state index contributed by atoms with van der Waals surface area (Å²) in [7, 11) is 0. The molecule has 266 valence electrons. The van der Waals surface area contributed by atoms with Crippen molar-refractivity contribution < 1.29 is 24.1 Å².